The maximum Gasteiger partial charge on any atom is 0.334 e. The first kappa shape index (κ1) is 13.6. The number of anilines is 1. The molecule has 3 N–H and O–H groups in total. The fourth-order valence-electron chi connectivity index (χ4n) is 1.04. The Labute approximate surface area is 104 Å². The van der Waals surface area contributed by atoms with Gasteiger partial charge in [-0.25, -0.2) is 9.59 Å². The molecule has 18 heavy (non-hydrogen) atoms. The maximum absolute atomic E-state index is 11.4. The Bertz CT molecular complexity index is 471. The minimum Gasteiger partial charge on any atom is -0.506 e. The van der Waals surface area contributed by atoms with E-state index < -0.39 is 12.0 Å². The Morgan fingerprint density at radius 3 is 2.67 bits per heavy atom. The van der Waals surface area contributed by atoms with Crippen molar-refractivity contribution in [3.63, 3.8) is 0 Å². The van der Waals surface area contributed by atoms with Crippen LogP contribution in [0.5, 0.6) is 5.75 Å². The molecular formula is C12H14N2O4. The largest absolute Gasteiger partial charge is 0.506 e. The average molecular weight is 250 g/mol. The van der Waals surface area contributed by atoms with Crippen LogP contribution in [0.1, 0.15) is 6.92 Å². The third kappa shape index (κ3) is 4.17. The number of amides is 2. The molecule has 0 saturated carbocycles. The van der Waals surface area contributed by atoms with Crippen molar-refractivity contribution in [3.8, 4) is 5.75 Å². The number of nitrogens with one attached hydrogen (secondary N) is 2. The molecule has 0 bridgehead atoms. The second-order valence-electron chi connectivity index (χ2n) is 3.50. The number of carbonyl (C=O) groups is 2. The SMILES string of the molecule is C=C(C)C(=O)OCNC(=O)Nc1ccccc1O. The fourth-order valence-corrected chi connectivity index (χ4v) is 1.04. The molecule has 0 unspecified atom stereocenters. The molecule has 0 aliphatic carbocycles. The quantitative estimate of drug-likeness (QED) is 0.328. The number of para-hydroxylation sites is 2. The van der Waals surface area contributed by atoms with Gasteiger partial charge in [-0.1, -0.05) is 18.7 Å². The van der Waals surface area contributed by atoms with Crippen molar-refractivity contribution < 1.29 is 19.4 Å². The number of rotatable bonds is 4. The van der Waals surface area contributed by atoms with Crippen molar-refractivity contribution in [1.82, 2.24) is 5.32 Å². The number of benzene rings is 1. The minimum absolute atomic E-state index is 0.0495. The van der Waals surface area contributed by atoms with Gasteiger partial charge in [0.2, 0.25) is 0 Å². The van der Waals surface area contributed by atoms with Crippen molar-refractivity contribution in [1.29, 1.82) is 0 Å². The third-order valence-corrected chi connectivity index (χ3v) is 1.94. The van der Waals surface area contributed by atoms with Crippen LogP contribution in [-0.4, -0.2) is 23.8 Å². The lowest BCUT2D eigenvalue weighted by Gasteiger charge is -2.09. The predicted molar refractivity (Wildman–Crippen MR) is 66.0 cm³/mol. The van der Waals surface area contributed by atoms with E-state index in [0.717, 1.165) is 0 Å². The molecule has 0 heterocycles. The van der Waals surface area contributed by atoms with E-state index in [1.807, 2.05) is 0 Å². The van der Waals surface area contributed by atoms with E-state index in [1.165, 1.54) is 19.1 Å². The molecule has 0 radical (unpaired) electrons. The molecule has 0 fully saturated rings. The van der Waals surface area contributed by atoms with Gasteiger partial charge in [0.05, 0.1) is 5.69 Å². The van der Waals surface area contributed by atoms with Crippen LogP contribution >= 0.6 is 0 Å². The Hall–Kier alpha value is -2.50. The predicted octanol–water partition coefficient (Wildman–Crippen LogP) is 1.59. The number of esters is 1. The average Bonchev–Trinajstić information content (AvgIpc) is 2.32. The van der Waals surface area contributed by atoms with Gasteiger partial charge in [0, 0.05) is 5.57 Å². The summed E-state index contributed by atoms with van der Waals surface area (Å²) in [5, 5.41) is 14.1. The van der Waals surface area contributed by atoms with Crippen LogP contribution in [0.2, 0.25) is 0 Å². The Morgan fingerprint density at radius 2 is 2.06 bits per heavy atom. The maximum atomic E-state index is 11.4. The molecule has 2 amide bonds. The number of carbonyl (C=O) groups excluding carboxylic acids is 2. The normalized spacial score (nSPS) is 9.39. The Kier molecular flexibility index (Phi) is 4.74. The van der Waals surface area contributed by atoms with Crippen molar-refractivity contribution in [3.05, 3.63) is 36.4 Å². The van der Waals surface area contributed by atoms with Crippen LogP contribution in [0.4, 0.5) is 10.5 Å². The van der Waals surface area contributed by atoms with Gasteiger partial charge in [0.25, 0.3) is 0 Å². The molecule has 1 aromatic rings. The van der Waals surface area contributed by atoms with Gasteiger partial charge in [-0.3, -0.25) is 0 Å². The molecule has 96 valence electrons. The number of ether oxygens (including phenoxy) is 1. The molecule has 1 rings (SSSR count). The summed E-state index contributed by atoms with van der Waals surface area (Å²) < 4.78 is 4.67. The second kappa shape index (κ2) is 6.29. The van der Waals surface area contributed by atoms with Crippen molar-refractivity contribution in [2.45, 2.75) is 6.92 Å². The minimum atomic E-state index is -0.592. The third-order valence-electron chi connectivity index (χ3n) is 1.94. The Balaban J connectivity index is 2.37. The highest BCUT2D eigenvalue weighted by Gasteiger charge is 2.06. The van der Waals surface area contributed by atoms with Gasteiger partial charge in [-0.15, -0.1) is 0 Å². The van der Waals surface area contributed by atoms with E-state index in [-0.39, 0.29) is 23.7 Å². The van der Waals surface area contributed by atoms with Crippen LogP contribution in [-0.2, 0) is 9.53 Å². The van der Waals surface area contributed by atoms with Gasteiger partial charge >= 0.3 is 12.0 Å². The molecule has 0 aliphatic heterocycles. The zero-order chi connectivity index (χ0) is 13.5. The van der Waals surface area contributed by atoms with E-state index in [2.05, 4.69) is 21.9 Å². The molecule has 6 heteroatoms. The molecule has 0 aromatic heterocycles. The van der Waals surface area contributed by atoms with Crippen LogP contribution in [0.3, 0.4) is 0 Å². The van der Waals surface area contributed by atoms with Gasteiger partial charge in [-0.05, 0) is 19.1 Å². The zero-order valence-electron chi connectivity index (χ0n) is 9.90. The summed E-state index contributed by atoms with van der Waals surface area (Å²) in [6.07, 6.45) is 0. The molecule has 0 atom stereocenters. The highest BCUT2D eigenvalue weighted by Crippen LogP contribution is 2.20. The van der Waals surface area contributed by atoms with E-state index in [1.54, 1.807) is 12.1 Å². The summed E-state index contributed by atoms with van der Waals surface area (Å²) >= 11 is 0. The summed E-state index contributed by atoms with van der Waals surface area (Å²) in [6, 6.07) is 5.68. The topological polar surface area (TPSA) is 87.7 Å². The van der Waals surface area contributed by atoms with E-state index in [9.17, 15) is 14.7 Å². The molecule has 6 nitrogen and oxygen atoms in total. The lowest BCUT2D eigenvalue weighted by molar-refractivity contribution is -0.139. The highest BCUT2D eigenvalue weighted by atomic mass is 16.5. The van der Waals surface area contributed by atoms with Gasteiger partial charge < -0.3 is 20.5 Å². The van der Waals surface area contributed by atoms with Crippen LogP contribution < -0.4 is 10.6 Å². The number of urea groups is 1. The number of hydrogen-bond acceptors (Lipinski definition) is 4. The van der Waals surface area contributed by atoms with Crippen LogP contribution in [0.25, 0.3) is 0 Å². The standard InChI is InChI=1S/C12H14N2O4/c1-8(2)11(16)18-7-13-12(17)14-9-5-3-4-6-10(9)15/h3-6,15H,1,7H2,2H3,(H2,13,14,17). The summed E-state index contributed by atoms with van der Waals surface area (Å²) in [5.41, 5.74) is 0.513. The van der Waals surface area contributed by atoms with Crippen molar-refractivity contribution in [2.24, 2.45) is 0 Å². The Morgan fingerprint density at radius 1 is 1.39 bits per heavy atom. The first-order valence-corrected chi connectivity index (χ1v) is 5.16. The number of phenols is 1. The summed E-state index contributed by atoms with van der Waals surface area (Å²) in [7, 11) is 0. The first-order chi connectivity index (χ1) is 8.50. The smallest absolute Gasteiger partial charge is 0.334 e. The number of phenolic OH excluding ortho intramolecular Hbond substituents is 1. The molecule has 0 spiro atoms. The monoisotopic (exact) mass is 250 g/mol. The first-order valence-electron chi connectivity index (χ1n) is 5.16. The van der Waals surface area contributed by atoms with E-state index in [0.29, 0.717) is 0 Å². The van der Waals surface area contributed by atoms with Crippen molar-refractivity contribution in [2.75, 3.05) is 12.0 Å². The fraction of sp³-hybridized carbons (Fsp3) is 0.167. The van der Waals surface area contributed by atoms with E-state index in [4.69, 9.17) is 0 Å². The van der Waals surface area contributed by atoms with Gasteiger partial charge in [0.1, 0.15) is 5.75 Å². The molecular weight excluding hydrogens is 236 g/mol. The summed E-state index contributed by atoms with van der Waals surface area (Å²) in [6.45, 7) is 4.63. The molecule has 1 aromatic carbocycles. The van der Waals surface area contributed by atoms with Gasteiger partial charge in [-0.2, -0.15) is 0 Å². The van der Waals surface area contributed by atoms with Gasteiger partial charge in [0.15, 0.2) is 6.73 Å². The summed E-state index contributed by atoms with van der Waals surface area (Å²) in [4.78, 5) is 22.4. The number of aromatic hydroxyl groups is 1. The number of hydrogen-bond donors (Lipinski definition) is 3. The lowest BCUT2D eigenvalue weighted by Crippen LogP contribution is -2.31. The van der Waals surface area contributed by atoms with E-state index >= 15 is 0 Å². The zero-order valence-corrected chi connectivity index (χ0v) is 9.90. The second-order valence-corrected chi connectivity index (χ2v) is 3.50. The summed E-state index contributed by atoms with van der Waals surface area (Å²) in [5.74, 6) is -0.635. The van der Waals surface area contributed by atoms with Crippen LogP contribution in [0.15, 0.2) is 36.4 Å². The molecule has 0 saturated heterocycles. The lowest BCUT2D eigenvalue weighted by atomic mass is 10.3. The highest BCUT2D eigenvalue weighted by molar-refractivity contribution is 5.91. The van der Waals surface area contributed by atoms with Crippen molar-refractivity contribution >= 4 is 17.7 Å². The van der Waals surface area contributed by atoms with Crippen LogP contribution in [0, 0.1) is 0 Å². The molecule has 0 aliphatic rings.